The number of pyridine rings is 1. The van der Waals surface area contributed by atoms with E-state index < -0.39 is 0 Å². The number of nitrogen functional groups attached to an aromatic ring is 1. The molecule has 0 aromatic carbocycles. The number of anilines is 1. The Bertz CT molecular complexity index is 556. The van der Waals surface area contributed by atoms with Crippen molar-refractivity contribution in [3.63, 3.8) is 0 Å². The van der Waals surface area contributed by atoms with E-state index in [9.17, 15) is 0 Å². The maximum Gasteiger partial charge on any atom is 0.230 e. The fourth-order valence-electron chi connectivity index (χ4n) is 3.07. The van der Waals surface area contributed by atoms with E-state index >= 15 is 0 Å². The number of rotatable bonds is 2. The largest absolute Gasteiger partial charge is 0.367 e. The summed E-state index contributed by atoms with van der Waals surface area (Å²) in [5.41, 5.74) is 8.97. The van der Waals surface area contributed by atoms with E-state index in [0.29, 0.717) is 5.88 Å². The molecule has 1 fully saturated rings. The van der Waals surface area contributed by atoms with E-state index in [0.717, 1.165) is 29.7 Å². The molecule has 19 heavy (non-hydrogen) atoms. The summed E-state index contributed by atoms with van der Waals surface area (Å²) in [4.78, 5) is 4.17. The topological polar surface area (TPSA) is 64.9 Å². The van der Waals surface area contributed by atoms with Gasteiger partial charge in [0, 0.05) is 23.4 Å². The molecule has 2 aromatic rings. The van der Waals surface area contributed by atoms with Crippen LogP contribution in [0.4, 0.5) is 5.88 Å². The molecule has 0 aliphatic heterocycles. The smallest absolute Gasteiger partial charge is 0.230 e. The molecule has 0 unspecified atom stereocenters. The van der Waals surface area contributed by atoms with Gasteiger partial charge in [0.15, 0.2) is 0 Å². The normalized spacial score (nSPS) is 18.4. The SMILES string of the molecule is CC1(c2noc(N)c2-c2cccnc2)CCCCC1. The van der Waals surface area contributed by atoms with Gasteiger partial charge in [0.2, 0.25) is 5.88 Å². The quantitative estimate of drug-likeness (QED) is 0.893. The third kappa shape index (κ3) is 2.11. The van der Waals surface area contributed by atoms with Gasteiger partial charge >= 0.3 is 0 Å². The van der Waals surface area contributed by atoms with Crippen molar-refractivity contribution in [1.82, 2.24) is 10.1 Å². The molecule has 0 atom stereocenters. The molecule has 1 saturated carbocycles. The molecular weight excluding hydrogens is 238 g/mol. The van der Waals surface area contributed by atoms with Gasteiger partial charge < -0.3 is 10.3 Å². The van der Waals surface area contributed by atoms with Crippen molar-refractivity contribution in [3.8, 4) is 11.1 Å². The predicted octanol–water partition coefficient (Wildman–Crippen LogP) is 3.54. The highest BCUT2D eigenvalue weighted by atomic mass is 16.5. The van der Waals surface area contributed by atoms with E-state index in [4.69, 9.17) is 10.3 Å². The first-order chi connectivity index (χ1) is 9.21. The second-order valence-electron chi connectivity index (χ2n) is 5.63. The van der Waals surface area contributed by atoms with Crippen molar-refractivity contribution in [3.05, 3.63) is 30.2 Å². The zero-order chi connectivity index (χ0) is 13.3. The fraction of sp³-hybridized carbons (Fsp3) is 0.467. The van der Waals surface area contributed by atoms with Gasteiger partial charge in [-0.05, 0) is 18.9 Å². The summed E-state index contributed by atoms with van der Waals surface area (Å²) < 4.78 is 5.27. The molecule has 100 valence electrons. The highest BCUT2D eigenvalue weighted by Crippen LogP contribution is 2.44. The molecule has 1 aliphatic carbocycles. The molecule has 3 rings (SSSR count). The summed E-state index contributed by atoms with van der Waals surface area (Å²) in [6, 6.07) is 3.92. The molecule has 1 aliphatic rings. The Morgan fingerprint density at radius 3 is 2.74 bits per heavy atom. The number of hydrogen-bond acceptors (Lipinski definition) is 4. The minimum atomic E-state index is 0.0740. The zero-order valence-electron chi connectivity index (χ0n) is 11.2. The van der Waals surface area contributed by atoms with Crippen LogP contribution in [-0.2, 0) is 5.41 Å². The van der Waals surface area contributed by atoms with Crippen molar-refractivity contribution in [1.29, 1.82) is 0 Å². The molecule has 0 spiro atoms. The molecule has 2 N–H and O–H groups in total. The van der Waals surface area contributed by atoms with E-state index in [-0.39, 0.29) is 5.41 Å². The van der Waals surface area contributed by atoms with Crippen LogP contribution in [0.3, 0.4) is 0 Å². The summed E-state index contributed by atoms with van der Waals surface area (Å²) in [6.07, 6.45) is 9.67. The third-order valence-corrected chi connectivity index (χ3v) is 4.20. The van der Waals surface area contributed by atoms with E-state index in [1.165, 1.54) is 19.3 Å². The molecule has 0 amide bonds. The van der Waals surface area contributed by atoms with Gasteiger partial charge in [-0.15, -0.1) is 0 Å². The minimum Gasteiger partial charge on any atom is -0.367 e. The second-order valence-corrected chi connectivity index (χ2v) is 5.63. The van der Waals surface area contributed by atoms with Gasteiger partial charge in [-0.2, -0.15) is 0 Å². The Balaban J connectivity index is 2.08. The third-order valence-electron chi connectivity index (χ3n) is 4.20. The fourth-order valence-corrected chi connectivity index (χ4v) is 3.07. The highest BCUT2D eigenvalue weighted by Gasteiger charge is 2.35. The lowest BCUT2D eigenvalue weighted by Gasteiger charge is -2.32. The van der Waals surface area contributed by atoms with Crippen molar-refractivity contribution in [2.45, 2.75) is 44.4 Å². The van der Waals surface area contributed by atoms with E-state index in [2.05, 4.69) is 17.1 Å². The van der Waals surface area contributed by atoms with E-state index in [1.807, 2.05) is 18.3 Å². The monoisotopic (exact) mass is 257 g/mol. The van der Waals surface area contributed by atoms with Gasteiger partial charge in [-0.25, -0.2) is 0 Å². The standard InChI is InChI=1S/C15H19N3O/c1-15(7-3-2-4-8-15)13-12(14(16)19-18-13)11-6-5-9-17-10-11/h5-6,9-10H,2-4,7-8,16H2,1H3. The summed E-state index contributed by atoms with van der Waals surface area (Å²) in [5, 5.41) is 4.26. The minimum absolute atomic E-state index is 0.0740. The zero-order valence-corrected chi connectivity index (χ0v) is 11.2. The Hall–Kier alpha value is -1.84. The summed E-state index contributed by atoms with van der Waals surface area (Å²) >= 11 is 0. The van der Waals surface area contributed by atoms with Crippen LogP contribution >= 0.6 is 0 Å². The summed E-state index contributed by atoms with van der Waals surface area (Å²) in [6.45, 7) is 2.27. The Kier molecular flexibility index (Phi) is 3.01. The number of hydrogen-bond donors (Lipinski definition) is 1. The van der Waals surface area contributed by atoms with Crippen LogP contribution in [0.2, 0.25) is 0 Å². The molecule has 2 heterocycles. The van der Waals surface area contributed by atoms with Crippen LogP contribution in [0.15, 0.2) is 29.0 Å². The Morgan fingerprint density at radius 1 is 1.26 bits per heavy atom. The Labute approximate surface area is 113 Å². The van der Waals surface area contributed by atoms with Crippen molar-refractivity contribution in [2.75, 3.05) is 5.73 Å². The van der Waals surface area contributed by atoms with Gasteiger partial charge in [0.1, 0.15) is 0 Å². The molecule has 4 nitrogen and oxygen atoms in total. The van der Waals surface area contributed by atoms with Gasteiger partial charge in [-0.3, -0.25) is 4.98 Å². The lowest BCUT2D eigenvalue weighted by atomic mass is 9.72. The first-order valence-electron chi connectivity index (χ1n) is 6.87. The first kappa shape index (κ1) is 12.2. The second kappa shape index (κ2) is 4.68. The lowest BCUT2D eigenvalue weighted by molar-refractivity contribution is 0.295. The van der Waals surface area contributed by atoms with Gasteiger partial charge in [0.05, 0.1) is 11.3 Å². The lowest BCUT2D eigenvalue weighted by Crippen LogP contribution is -2.26. The van der Waals surface area contributed by atoms with E-state index in [1.54, 1.807) is 6.20 Å². The summed E-state index contributed by atoms with van der Waals surface area (Å²) in [7, 11) is 0. The average molecular weight is 257 g/mol. The number of nitrogens with zero attached hydrogens (tertiary/aromatic N) is 2. The van der Waals surface area contributed by atoms with Crippen LogP contribution in [0.5, 0.6) is 0 Å². The molecule has 0 radical (unpaired) electrons. The molecule has 0 saturated heterocycles. The van der Waals surface area contributed by atoms with Crippen molar-refractivity contribution < 1.29 is 4.52 Å². The van der Waals surface area contributed by atoms with Crippen molar-refractivity contribution >= 4 is 5.88 Å². The number of nitrogens with two attached hydrogens (primary N) is 1. The van der Waals surface area contributed by atoms with Crippen LogP contribution in [0, 0.1) is 0 Å². The van der Waals surface area contributed by atoms with Crippen LogP contribution in [0.1, 0.15) is 44.7 Å². The molecule has 2 aromatic heterocycles. The van der Waals surface area contributed by atoms with Crippen LogP contribution < -0.4 is 5.73 Å². The first-order valence-corrected chi connectivity index (χ1v) is 6.87. The van der Waals surface area contributed by atoms with Gasteiger partial charge in [-0.1, -0.05) is 37.4 Å². The predicted molar refractivity (Wildman–Crippen MR) is 74.6 cm³/mol. The van der Waals surface area contributed by atoms with Crippen molar-refractivity contribution in [2.24, 2.45) is 0 Å². The Morgan fingerprint density at radius 2 is 2.05 bits per heavy atom. The summed E-state index contributed by atoms with van der Waals surface area (Å²) in [5.74, 6) is 0.398. The molecular formula is C15H19N3O. The van der Waals surface area contributed by atoms with Gasteiger partial charge in [0.25, 0.3) is 0 Å². The maximum atomic E-state index is 5.98. The van der Waals surface area contributed by atoms with Crippen LogP contribution in [0.25, 0.3) is 11.1 Å². The molecule has 4 heteroatoms. The highest BCUT2D eigenvalue weighted by molar-refractivity contribution is 5.75. The maximum absolute atomic E-state index is 5.98. The van der Waals surface area contributed by atoms with Crippen LogP contribution in [-0.4, -0.2) is 10.1 Å². The number of aromatic nitrogens is 2. The molecule has 0 bridgehead atoms. The average Bonchev–Trinajstić information content (AvgIpc) is 2.83.